The van der Waals surface area contributed by atoms with Crippen molar-refractivity contribution in [1.82, 2.24) is 19.9 Å². The molecule has 0 unspecified atom stereocenters. The molecule has 1 fully saturated rings. The topological polar surface area (TPSA) is 82.1 Å². The van der Waals surface area contributed by atoms with Gasteiger partial charge in [-0.05, 0) is 31.4 Å². The Balaban J connectivity index is 1.59. The van der Waals surface area contributed by atoms with E-state index in [-0.39, 0.29) is 19.4 Å². The lowest BCUT2D eigenvalue weighted by atomic mass is 9.74. The molecule has 2 aliphatic rings. The number of imidazole rings is 1. The van der Waals surface area contributed by atoms with Crippen molar-refractivity contribution >= 4 is 27.5 Å². The average Bonchev–Trinajstić information content (AvgIpc) is 3.30. The Morgan fingerprint density at radius 1 is 1.36 bits per heavy atom. The third-order valence-electron chi connectivity index (χ3n) is 5.76. The number of carbonyl (C=O) groups is 1. The third kappa shape index (κ3) is 2.42. The Morgan fingerprint density at radius 2 is 2.14 bits per heavy atom. The number of thiazole rings is 1. The van der Waals surface area contributed by atoms with E-state index in [2.05, 4.69) is 15.0 Å². The Kier molecular flexibility index (Phi) is 3.82. The van der Waals surface area contributed by atoms with Crippen LogP contribution in [0.4, 0.5) is 8.78 Å². The zero-order valence-corrected chi connectivity index (χ0v) is 15.7. The van der Waals surface area contributed by atoms with Crippen LogP contribution in [0, 0.1) is 0 Å². The van der Waals surface area contributed by atoms with Gasteiger partial charge in [0.05, 0.1) is 22.2 Å². The average molecular weight is 404 g/mol. The maximum absolute atomic E-state index is 14.9. The quantitative estimate of drug-likeness (QED) is 0.703. The summed E-state index contributed by atoms with van der Waals surface area (Å²) in [4.78, 5) is 26.0. The molecule has 5 rings (SSSR count). The molecule has 1 aliphatic carbocycles. The van der Waals surface area contributed by atoms with Gasteiger partial charge < -0.3 is 15.0 Å². The molecule has 146 valence electrons. The maximum Gasteiger partial charge on any atom is 0.352 e. The Morgan fingerprint density at radius 3 is 2.86 bits per heavy atom. The summed E-state index contributed by atoms with van der Waals surface area (Å²) in [5, 5.41) is 10.8. The first kappa shape index (κ1) is 17.7. The molecule has 9 heteroatoms. The van der Waals surface area contributed by atoms with E-state index in [0.717, 1.165) is 20.8 Å². The summed E-state index contributed by atoms with van der Waals surface area (Å²) in [6.07, 6.45) is 2.26. The largest absolute Gasteiger partial charge is 0.383 e. The molecule has 3 aromatic rings. The van der Waals surface area contributed by atoms with Crippen molar-refractivity contribution in [2.24, 2.45) is 0 Å². The molecule has 1 saturated carbocycles. The molecular formula is C19H18F2N4O2S. The van der Waals surface area contributed by atoms with Gasteiger partial charge in [0, 0.05) is 18.7 Å². The minimum Gasteiger partial charge on any atom is -0.383 e. The highest BCUT2D eigenvalue weighted by Crippen LogP contribution is 2.47. The van der Waals surface area contributed by atoms with Crippen molar-refractivity contribution in [3.8, 4) is 0 Å². The van der Waals surface area contributed by atoms with E-state index in [1.165, 1.54) is 17.7 Å². The first-order valence-corrected chi connectivity index (χ1v) is 10.0. The summed E-state index contributed by atoms with van der Waals surface area (Å²) >= 11 is 1.36. The highest BCUT2D eigenvalue weighted by Gasteiger charge is 2.63. The number of nitrogens with zero attached hydrogens (tertiary/aromatic N) is 3. The highest BCUT2D eigenvalue weighted by atomic mass is 32.1. The van der Waals surface area contributed by atoms with Crippen molar-refractivity contribution in [2.75, 3.05) is 6.54 Å². The molecule has 0 radical (unpaired) electrons. The van der Waals surface area contributed by atoms with Crippen LogP contribution in [-0.2, 0) is 11.2 Å². The number of amides is 1. The molecule has 2 aromatic heterocycles. The summed E-state index contributed by atoms with van der Waals surface area (Å²) in [6.45, 7) is 0.111. The number of alkyl halides is 2. The van der Waals surface area contributed by atoms with Crippen LogP contribution in [0.5, 0.6) is 0 Å². The fraction of sp³-hybridized carbons (Fsp3) is 0.421. The number of hydrogen-bond donors (Lipinski definition) is 2. The van der Waals surface area contributed by atoms with Crippen LogP contribution in [-0.4, -0.2) is 48.9 Å². The number of aliphatic hydroxyl groups is 1. The second-order valence-corrected chi connectivity index (χ2v) is 8.46. The zero-order chi connectivity index (χ0) is 19.5. The normalized spacial score (nSPS) is 21.4. The standard InChI is InChI=1S/C19H18F2N4O2S/c20-19(21,18(27)7-3-8-18)17(26)25-9-6-12-14(23-10-22-12)15(25)16-24-11-4-1-2-5-13(11)28-16/h1-2,4-5,10,15,27H,3,6-9H2,(H,22,23)/t15-/m0/s1. The summed E-state index contributed by atoms with van der Waals surface area (Å²) in [6, 6.07) is 6.70. The van der Waals surface area contributed by atoms with Crippen molar-refractivity contribution < 1.29 is 18.7 Å². The number of nitrogens with one attached hydrogen (secondary N) is 1. The number of H-pyrrole nitrogens is 1. The summed E-state index contributed by atoms with van der Waals surface area (Å²) in [5.74, 6) is -5.19. The number of benzene rings is 1. The summed E-state index contributed by atoms with van der Waals surface area (Å²) in [7, 11) is 0. The third-order valence-corrected chi connectivity index (χ3v) is 6.85. The van der Waals surface area contributed by atoms with E-state index in [0.29, 0.717) is 23.5 Å². The molecule has 0 saturated heterocycles. The maximum atomic E-state index is 14.9. The lowest BCUT2D eigenvalue weighted by molar-refractivity contribution is -0.224. The van der Waals surface area contributed by atoms with Crippen LogP contribution in [0.25, 0.3) is 10.2 Å². The molecule has 0 bridgehead atoms. The van der Waals surface area contributed by atoms with Gasteiger partial charge in [0.1, 0.15) is 16.7 Å². The predicted molar refractivity (Wildman–Crippen MR) is 99.2 cm³/mol. The Labute approximate surface area is 163 Å². The lowest BCUT2D eigenvalue weighted by Gasteiger charge is -2.44. The van der Waals surface area contributed by atoms with Crippen LogP contribution < -0.4 is 0 Å². The number of halogens is 2. The van der Waals surface area contributed by atoms with Crippen molar-refractivity contribution in [3.63, 3.8) is 0 Å². The molecule has 6 nitrogen and oxygen atoms in total. The van der Waals surface area contributed by atoms with Gasteiger partial charge in [-0.3, -0.25) is 4.79 Å². The highest BCUT2D eigenvalue weighted by molar-refractivity contribution is 7.18. The van der Waals surface area contributed by atoms with Crippen molar-refractivity contribution in [3.05, 3.63) is 47.0 Å². The van der Waals surface area contributed by atoms with Crippen LogP contribution in [0.1, 0.15) is 41.7 Å². The minimum atomic E-state index is -3.84. The van der Waals surface area contributed by atoms with E-state index in [4.69, 9.17) is 0 Å². The number of para-hydroxylation sites is 1. The zero-order valence-electron chi connectivity index (χ0n) is 14.9. The number of fused-ring (bicyclic) bond motifs is 2. The van der Waals surface area contributed by atoms with Gasteiger partial charge >= 0.3 is 5.92 Å². The number of carbonyl (C=O) groups excluding carboxylic acids is 1. The van der Waals surface area contributed by atoms with Gasteiger partial charge in [0.15, 0.2) is 0 Å². The Hall–Kier alpha value is -2.39. The molecule has 2 N–H and O–H groups in total. The van der Waals surface area contributed by atoms with Crippen molar-refractivity contribution in [2.45, 2.75) is 43.2 Å². The Bertz CT molecular complexity index is 1030. The fourth-order valence-electron chi connectivity index (χ4n) is 3.96. The number of hydrogen-bond acceptors (Lipinski definition) is 5. The smallest absolute Gasteiger partial charge is 0.352 e. The molecule has 28 heavy (non-hydrogen) atoms. The molecule has 1 amide bonds. The first-order valence-electron chi connectivity index (χ1n) is 9.20. The first-order chi connectivity index (χ1) is 13.4. The summed E-state index contributed by atoms with van der Waals surface area (Å²) in [5.41, 5.74) is -0.148. The lowest BCUT2D eigenvalue weighted by Crippen LogP contribution is -2.62. The molecule has 1 atom stereocenters. The second kappa shape index (κ2) is 6.05. The molecule has 1 aliphatic heterocycles. The van der Waals surface area contributed by atoms with Crippen LogP contribution in [0.2, 0.25) is 0 Å². The molecule has 3 heterocycles. The molecule has 1 aromatic carbocycles. The van der Waals surface area contributed by atoms with Gasteiger partial charge in [-0.15, -0.1) is 11.3 Å². The van der Waals surface area contributed by atoms with E-state index in [9.17, 15) is 18.7 Å². The number of aromatic amines is 1. The van der Waals surface area contributed by atoms with Gasteiger partial charge in [-0.2, -0.15) is 8.78 Å². The molecule has 0 spiro atoms. The van der Waals surface area contributed by atoms with Crippen molar-refractivity contribution in [1.29, 1.82) is 0 Å². The molecular weight excluding hydrogens is 386 g/mol. The van der Waals surface area contributed by atoms with Gasteiger partial charge in [-0.25, -0.2) is 9.97 Å². The van der Waals surface area contributed by atoms with E-state index < -0.39 is 23.5 Å². The summed E-state index contributed by atoms with van der Waals surface area (Å²) < 4.78 is 30.8. The van der Waals surface area contributed by atoms with E-state index >= 15 is 0 Å². The van der Waals surface area contributed by atoms with E-state index in [1.54, 1.807) is 0 Å². The minimum absolute atomic E-state index is 0.0704. The monoisotopic (exact) mass is 404 g/mol. The van der Waals surface area contributed by atoms with Gasteiger partial charge in [0.25, 0.3) is 5.91 Å². The number of rotatable bonds is 3. The van der Waals surface area contributed by atoms with Crippen LogP contribution >= 0.6 is 11.3 Å². The predicted octanol–water partition coefficient (Wildman–Crippen LogP) is 3.04. The SMILES string of the molecule is O=C(N1CCc2[nH]cnc2[C@H]1c1nc2ccccc2s1)C(F)(F)C1(O)CCC1. The van der Waals surface area contributed by atoms with Gasteiger partial charge in [0.2, 0.25) is 0 Å². The number of aromatic nitrogens is 3. The van der Waals surface area contributed by atoms with Crippen LogP contribution in [0.3, 0.4) is 0 Å². The van der Waals surface area contributed by atoms with Gasteiger partial charge in [-0.1, -0.05) is 12.1 Å². The fourth-order valence-corrected chi connectivity index (χ4v) is 5.04. The second-order valence-electron chi connectivity index (χ2n) is 7.40. The van der Waals surface area contributed by atoms with Crippen LogP contribution in [0.15, 0.2) is 30.6 Å². The van der Waals surface area contributed by atoms with E-state index in [1.807, 2.05) is 24.3 Å².